The first-order valence-corrected chi connectivity index (χ1v) is 11.1. The van der Waals surface area contributed by atoms with E-state index in [9.17, 15) is 9.59 Å². The van der Waals surface area contributed by atoms with Crippen LogP contribution in [0.4, 0.5) is 0 Å². The van der Waals surface area contributed by atoms with Crippen molar-refractivity contribution in [2.45, 2.75) is 63.1 Å². The van der Waals surface area contributed by atoms with E-state index < -0.39 is 6.04 Å². The summed E-state index contributed by atoms with van der Waals surface area (Å²) in [5, 5.41) is 8.80. The maximum Gasteiger partial charge on any atom is 0.276 e. The zero-order valence-electron chi connectivity index (χ0n) is 16.5. The molecule has 1 N–H and O–H groups in total. The van der Waals surface area contributed by atoms with Crippen LogP contribution in [0, 0.1) is 0 Å². The van der Waals surface area contributed by atoms with E-state index >= 15 is 0 Å². The maximum atomic E-state index is 13.5. The van der Waals surface area contributed by atoms with Gasteiger partial charge in [-0.15, -0.1) is 5.10 Å². The zero-order valence-corrected chi connectivity index (χ0v) is 17.4. The van der Waals surface area contributed by atoms with Crippen LogP contribution in [0.15, 0.2) is 29.6 Å². The molecule has 1 heterocycles. The number of nitrogens with zero attached hydrogens (tertiary/aromatic N) is 3. The van der Waals surface area contributed by atoms with Crippen molar-refractivity contribution < 1.29 is 14.3 Å². The highest BCUT2D eigenvalue weighted by Crippen LogP contribution is 2.39. The van der Waals surface area contributed by atoms with Crippen molar-refractivity contribution in [3.8, 4) is 5.75 Å². The predicted octanol–water partition coefficient (Wildman–Crippen LogP) is 3.34. The second kappa shape index (κ2) is 8.90. The number of benzene rings is 1. The lowest BCUT2D eigenvalue weighted by Gasteiger charge is -2.33. The Labute approximate surface area is 174 Å². The standard InChI is InChI=1S/C21H26N4O3S/c1-28-18-10-6-5-9-16(18)19(20(26)22-14-7-3-2-4-8-14)25(15-11-12-15)21(27)17-13-29-24-23-17/h5-6,9-10,13-15,19H,2-4,7-8,11-12H2,1H3,(H,22,26)/t19-/m1/s1. The number of amides is 2. The summed E-state index contributed by atoms with van der Waals surface area (Å²) >= 11 is 1.14. The van der Waals surface area contributed by atoms with Crippen molar-refractivity contribution >= 4 is 23.3 Å². The van der Waals surface area contributed by atoms with Crippen LogP contribution >= 0.6 is 11.5 Å². The van der Waals surface area contributed by atoms with Crippen LogP contribution in [0.3, 0.4) is 0 Å². The molecule has 7 nitrogen and oxygen atoms in total. The van der Waals surface area contributed by atoms with Crippen molar-refractivity contribution in [3.63, 3.8) is 0 Å². The minimum atomic E-state index is -0.755. The monoisotopic (exact) mass is 414 g/mol. The Balaban J connectivity index is 1.70. The van der Waals surface area contributed by atoms with E-state index in [4.69, 9.17) is 4.74 Å². The van der Waals surface area contributed by atoms with E-state index in [0.29, 0.717) is 11.3 Å². The van der Waals surface area contributed by atoms with Gasteiger partial charge in [0.25, 0.3) is 5.91 Å². The molecule has 29 heavy (non-hydrogen) atoms. The molecule has 2 amide bonds. The number of nitrogens with one attached hydrogen (secondary N) is 1. The normalized spacial score (nSPS) is 18.1. The topological polar surface area (TPSA) is 84.4 Å². The number of carbonyl (C=O) groups excluding carboxylic acids is 2. The van der Waals surface area contributed by atoms with E-state index in [2.05, 4.69) is 14.9 Å². The molecule has 1 atom stereocenters. The molecule has 0 saturated heterocycles. The van der Waals surface area contributed by atoms with Gasteiger partial charge in [0, 0.05) is 23.0 Å². The molecule has 2 saturated carbocycles. The first-order valence-electron chi connectivity index (χ1n) is 10.2. The largest absolute Gasteiger partial charge is 0.496 e. The highest BCUT2D eigenvalue weighted by Gasteiger charge is 2.43. The van der Waals surface area contributed by atoms with Crippen molar-refractivity contribution in [3.05, 3.63) is 40.9 Å². The number of methoxy groups -OCH3 is 1. The summed E-state index contributed by atoms with van der Waals surface area (Å²) in [6.45, 7) is 0. The maximum absolute atomic E-state index is 13.5. The predicted molar refractivity (Wildman–Crippen MR) is 110 cm³/mol. The summed E-state index contributed by atoms with van der Waals surface area (Å²) in [4.78, 5) is 28.5. The molecule has 1 aromatic carbocycles. The van der Waals surface area contributed by atoms with Crippen LogP contribution < -0.4 is 10.1 Å². The van der Waals surface area contributed by atoms with E-state index in [1.54, 1.807) is 17.4 Å². The van der Waals surface area contributed by atoms with Gasteiger partial charge in [-0.1, -0.05) is 41.9 Å². The Morgan fingerprint density at radius 1 is 1.17 bits per heavy atom. The van der Waals surface area contributed by atoms with Crippen molar-refractivity contribution in [1.82, 2.24) is 19.8 Å². The molecular weight excluding hydrogens is 388 g/mol. The SMILES string of the molecule is COc1ccccc1[C@H](C(=O)NC1CCCCC1)N(C(=O)c1csnn1)C1CC1. The van der Waals surface area contributed by atoms with Gasteiger partial charge < -0.3 is 15.0 Å². The average molecular weight is 415 g/mol. The first kappa shape index (κ1) is 19.8. The fourth-order valence-corrected chi connectivity index (χ4v) is 4.50. The van der Waals surface area contributed by atoms with Crippen molar-refractivity contribution in [2.75, 3.05) is 7.11 Å². The Hall–Kier alpha value is -2.48. The molecule has 4 rings (SSSR count). The van der Waals surface area contributed by atoms with Crippen LogP contribution in [-0.4, -0.2) is 45.5 Å². The minimum absolute atomic E-state index is 0.0243. The molecule has 2 fully saturated rings. The average Bonchev–Trinajstić information content (AvgIpc) is 3.43. The van der Waals surface area contributed by atoms with E-state index in [1.807, 2.05) is 24.3 Å². The first-order chi connectivity index (χ1) is 14.2. The van der Waals surface area contributed by atoms with Crippen LogP contribution in [0.1, 0.15) is 67.0 Å². The summed E-state index contributed by atoms with van der Waals surface area (Å²) in [7, 11) is 1.59. The summed E-state index contributed by atoms with van der Waals surface area (Å²) < 4.78 is 9.37. The van der Waals surface area contributed by atoms with Gasteiger partial charge in [-0.05, 0) is 43.3 Å². The number of rotatable bonds is 7. The molecule has 8 heteroatoms. The lowest BCUT2D eigenvalue weighted by atomic mass is 9.94. The highest BCUT2D eigenvalue weighted by atomic mass is 32.1. The second-order valence-electron chi connectivity index (χ2n) is 7.72. The van der Waals surface area contributed by atoms with Crippen LogP contribution in [0.25, 0.3) is 0 Å². The summed E-state index contributed by atoms with van der Waals surface area (Å²) in [5.74, 6) is 0.201. The van der Waals surface area contributed by atoms with E-state index in [0.717, 1.165) is 50.1 Å². The van der Waals surface area contributed by atoms with Gasteiger partial charge >= 0.3 is 0 Å². The number of hydrogen-bond acceptors (Lipinski definition) is 6. The number of hydrogen-bond donors (Lipinski definition) is 1. The van der Waals surface area contributed by atoms with Crippen LogP contribution in [0.5, 0.6) is 5.75 Å². The Bertz CT molecular complexity index is 847. The van der Waals surface area contributed by atoms with Gasteiger partial charge in [0.05, 0.1) is 7.11 Å². The van der Waals surface area contributed by atoms with Gasteiger partial charge in [0.15, 0.2) is 5.69 Å². The summed E-state index contributed by atoms with van der Waals surface area (Å²) in [6, 6.07) is 6.86. The van der Waals surface area contributed by atoms with Gasteiger partial charge in [0.2, 0.25) is 5.91 Å². The Morgan fingerprint density at radius 2 is 1.93 bits per heavy atom. The quantitative estimate of drug-likeness (QED) is 0.751. The van der Waals surface area contributed by atoms with Gasteiger partial charge in [-0.3, -0.25) is 9.59 Å². The number of para-hydroxylation sites is 1. The van der Waals surface area contributed by atoms with E-state index in [1.165, 1.54) is 6.42 Å². The van der Waals surface area contributed by atoms with Gasteiger partial charge in [-0.2, -0.15) is 0 Å². The lowest BCUT2D eigenvalue weighted by Crippen LogP contribution is -2.48. The molecule has 1 aromatic heterocycles. The number of ether oxygens (including phenoxy) is 1. The van der Waals surface area contributed by atoms with Crippen LogP contribution in [0.2, 0.25) is 0 Å². The second-order valence-corrected chi connectivity index (χ2v) is 8.33. The van der Waals surface area contributed by atoms with Crippen molar-refractivity contribution in [1.29, 1.82) is 0 Å². The zero-order chi connectivity index (χ0) is 20.2. The fourth-order valence-electron chi connectivity index (χ4n) is 4.07. The summed E-state index contributed by atoms with van der Waals surface area (Å²) in [6.07, 6.45) is 7.19. The Morgan fingerprint density at radius 3 is 2.59 bits per heavy atom. The number of carbonyl (C=O) groups is 2. The molecule has 2 aliphatic carbocycles. The third kappa shape index (κ3) is 4.42. The molecule has 0 spiro atoms. The van der Waals surface area contributed by atoms with Gasteiger partial charge in [0.1, 0.15) is 11.8 Å². The molecule has 0 unspecified atom stereocenters. The van der Waals surface area contributed by atoms with Crippen LogP contribution in [-0.2, 0) is 4.79 Å². The third-order valence-electron chi connectivity index (χ3n) is 5.67. The van der Waals surface area contributed by atoms with Crippen molar-refractivity contribution in [2.24, 2.45) is 0 Å². The molecule has 0 aliphatic heterocycles. The minimum Gasteiger partial charge on any atom is -0.496 e. The fraction of sp³-hybridized carbons (Fsp3) is 0.524. The lowest BCUT2D eigenvalue weighted by molar-refractivity contribution is -0.127. The molecular formula is C21H26N4O3S. The molecule has 2 aliphatic rings. The molecule has 2 aromatic rings. The molecule has 0 bridgehead atoms. The smallest absolute Gasteiger partial charge is 0.276 e. The highest BCUT2D eigenvalue weighted by molar-refractivity contribution is 7.03. The molecule has 154 valence electrons. The number of aromatic nitrogens is 2. The Kier molecular flexibility index (Phi) is 6.08. The third-order valence-corrected chi connectivity index (χ3v) is 6.17. The molecule has 0 radical (unpaired) electrons. The summed E-state index contributed by atoms with van der Waals surface area (Å²) in [5.41, 5.74) is 0.985. The van der Waals surface area contributed by atoms with Gasteiger partial charge in [-0.25, -0.2) is 0 Å². The van der Waals surface area contributed by atoms with E-state index in [-0.39, 0.29) is 29.6 Å².